The molecule has 2 amide bonds. The van der Waals surface area contributed by atoms with Crippen LogP contribution in [0.25, 0.3) is 0 Å². The molecule has 4 nitrogen and oxygen atoms in total. The van der Waals surface area contributed by atoms with Gasteiger partial charge in [0.1, 0.15) is 6.04 Å². The van der Waals surface area contributed by atoms with Crippen LogP contribution in [0.15, 0.2) is 60.7 Å². The number of rotatable bonds is 7. The van der Waals surface area contributed by atoms with E-state index in [0.717, 1.165) is 12.0 Å². The Morgan fingerprint density at radius 3 is 2.22 bits per heavy atom. The summed E-state index contributed by atoms with van der Waals surface area (Å²) < 4.78 is 0. The third-order valence-electron chi connectivity index (χ3n) is 5.14. The molecule has 27 heavy (non-hydrogen) atoms. The molecule has 142 valence electrons. The molecule has 4 heteroatoms. The van der Waals surface area contributed by atoms with Crippen LogP contribution in [0.5, 0.6) is 0 Å². The highest BCUT2D eigenvalue weighted by Crippen LogP contribution is 2.24. The van der Waals surface area contributed by atoms with E-state index in [-0.39, 0.29) is 23.9 Å². The summed E-state index contributed by atoms with van der Waals surface area (Å²) in [6.07, 6.45) is 1.89. The van der Waals surface area contributed by atoms with E-state index in [9.17, 15) is 9.59 Å². The predicted octanol–water partition coefficient (Wildman–Crippen LogP) is 3.66. The number of amides is 2. The SMILES string of the molecule is CC(C)N1C(=O)CCC1C(=O)N(CCc1ccccc1)Cc1ccccc1. The molecule has 0 aliphatic carbocycles. The number of benzene rings is 2. The van der Waals surface area contributed by atoms with Gasteiger partial charge in [0, 0.05) is 25.6 Å². The predicted molar refractivity (Wildman–Crippen MR) is 107 cm³/mol. The molecular formula is C23H28N2O2. The first kappa shape index (κ1) is 19.2. The van der Waals surface area contributed by atoms with Crippen molar-refractivity contribution in [2.45, 2.75) is 51.7 Å². The topological polar surface area (TPSA) is 40.6 Å². The Labute approximate surface area is 161 Å². The number of carbonyl (C=O) groups excluding carboxylic acids is 2. The average molecular weight is 364 g/mol. The van der Waals surface area contributed by atoms with Crippen LogP contribution in [0.1, 0.15) is 37.8 Å². The largest absolute Gasteiger partial charge is 0.336 e. The highest BCUT2D eigenvalue weighted by molar-refractivity contribution is 5.91. The normalized spacial score (nSPS) is 16.8. The van der Waals surface area contributed by atoms with Gasteiger partial charge in [-0.25, -0.2) is 0 Å². The molecule has 1 fully saturated rings. The number of hydrogen-bond acceptors (Lipinski definition) is 2. The van der Waals surface area contributed by atoms with Crippen LogP contribution in [0, 0.1) is 0 Å². The summed E-state index contributed by atoms with van der Waals surface area (Å²) in [4.78, 5) is 29.3. The van der Waals surface area contributed by atoms with E-state index in [1.54, 1.807) is 4.90 Å². The molecule has 1 heterocycles. The molecule has 1 unspecified atom stereocenters. The fourth-order valence-corrected chi connectivity index (χ4v) is 3.78. The smallest absolute Gasteiger partial charge is 0.245 e. The Kier molecular flexibility index (Phi) is 6.28. The monoisotopic (exact) mass is 364 g/mol. The van der Waals surface area contributed by atoms with Crippen molar-refractivity contribution >= 4 is 11.8 Å². The molecule has 1 saturated heterocycles. The van der Waals surface area contributed by atoms with Gasteiger partial charge in [-0.15, -0.1) is 0 Å². The fourth-order valence-electron chi connectivity index (χ4n) is 3.78. The second-order valence-corrected chi connectivity index (χ2v) is 7.43. The Bertz CT molecular complexity index is 758. The minimum atomic E-state index is -0.336. The number of nitrogens with zero attached hydrogens (tertiary/aromatic N) is 2. The first-order valence-corrected chi connectivity index (χ1v) is 9.74. The third-order valence-corrected chi connectivity index (χ3v) is 5.14. The van der Waals surface area contributed by atoms with Gasteiger partial charge in [-0.3, -0.25) is 9.59 Å². The van der Waals surface area contributed by atoms with Crippen molar-refractivity contribution < 1.29 is 9.59 Å². The summed E-state index contributed by atoms with van der Waals surface area (Å²) in [7, 11) is 0. The van der Waals surface area contributed by atoms with Crippen LogP contribution < -0.4 is 0 Å². The fraction of sp³-hybridized carbons (Fsp3) is 0.391. The van der Waals surface area contributed by atoms with Crippen molar-refractivity contribution in [3.8, 4) is 0 Å². The van der Waals surface area contributed by atoms with Gasteiger partial charge in [0.25, 0.3) is 0 Å². The van der Waals surface area contributed by atoms with Crippen molar-refractivity contribution in [2.75, 3.05) is 6.54 Å². The van der Waals surface area contributed by atoms with Crippen LogP contribution in [-0.2, 0) is 22.6 Å². The molecule has 1 aliphatic heterocycles. The van der Waals surface area contributed by atoms with Gasteiger partial charge in [0.2, 0.25) is 11.8 Å². The van der Waals surface area contributed by atoms with E-state index in [4.69, 9.17) is 0 Å². The van der Waals surface area contributed by atoms with Crippen molar-refractivity contribution in [3.05, 3.63) is 71.8 Å². The molecule has 3 rings (SSSR count). The summed E-state index contributed by atoms with van der Waals surface area (Å²) in [5.41, 5.74) is 2.32. The molecule has 0 saturated carbocycles. The van der Waals surface area contributed by atoms with Crippen LogP contribution >= 0.6 is 0 Å². The molecule has 0 aromatic heterocycles. The Hall–Kier alpha value is -2.62. The third kappa shape index (κ3) is 4.76. The van der Waals surface area contributed by atoms with Crippen LogP contribution in [0.4, 0.5) is 0 Å². The summed E-state index contributed by atoms with van der Waals surface area (Å²) >= 11 is 0. The van der Waals surface area contributed by atoms with Gasteiger partial charge in [0.15, 0.2) is 0 Å². The first-order valence-electron chi connectivity index (χ1n) is 9.74. The van der Waals surface area contributed by atoms with E-state index < -0.39 is 0 Å². The summed E-state index contributed by atoms with van der Waals surface area (Å²) in [6.45, 7) is 5.18. The lowest BCUT2D eigenvalue weighted by Crippen LogP contribution is -2.49. The second-order valence-electron chi connectivity index (χ2n) is 7.43. The summed E-state index contributed by atoms with van der Waals surface area (Å²) in [5.74, 6) is 0.153. The molecule has 2 aromatic carbocycles. The number of carbonyl (C=O) groups is 2. The van der Waals surface area contributed by atoms with Crippen LogP contribution in [0.2, 0.25) is 0 Å². The van der Waals surface area contributed by atoms with E-state index in [1.165, 1.54) is 5.56 Å². The molecular weight excluding hydrogens is 336 g/mol. The zero-order valence-electron chi connectivity index (χ0n) is 16.2. The average Bonchev–Trinajstić information content (AvgIpc) is 3.08. The second kappa shape index (κ2) is 8.85. The molecule has 2 aromatic rings. The molecule has 1 atom stereocenters. The van der Waals surface area contributed by atoms with E-state index in [1.807, 2.05) is 67.3 Å². The van der Waals surface area contributed by atoms with Crippen LogP contribution in [-0.4, -0.2) is 40.2 Å². The van der Waals surface area contributed by atoms with Gasteiger partial charge in [0.05, 0.1) is 0 Å². The summed E-state index contributed by atoms with van der Waals surface area (Å²) in [5, 5.41) is 0. The number of hydrogen-bond donors (Lipinski definition) is 0. The van der Waals surface area contributed by atoms with Crippen molar-refractivity contribution in [1.29, 1.82) is 0 Å². The number of likely N-dealkylation sites (tertiary alicyclic amines) is 1. The standard InChI is InChI=1S/C23H28N2O2/c1-18(2)25-21(13-14-22(25)26)23(27)24(17-20-11-7-4-8-12-20)16-15-19-9-5-3-6-10-19/h3-12,18,21H,13-17H2,1-2H3. The van der Waals surface area contributed by atoms with Gasteiger partial charge in [-0.2, -0.15) is 0 Å². The molecule has 0 spiro atoms. The van der Waals surface area contributed by atoms with Crippen molar-refractivity contribution in [2.24, 2.45) is 0 Å². The van der Waals surface area contributed by atoms with E-state index in [0.29, 0.717) is 25.9 Å². The molecule has 1 aliphatic rings. The Balaban J connectivity index is 1.77. The highest BCUT2D eigenvalue weighted by Gasteiger charge is 2.39. The zero-order valence-corrected chi connectivity index (χ0v) is 16.2. The quantitative estimate of drug-likeness (QED) is 0.752. The van der Waals surface area contributed by atoms with Gasteiger partial charge in [-0.05, 0) is 37.8 Å². The van der Waals surface area contributed by atoms with Crippen molar-refractivity contribution in [3.63, 3.8) is 0 Å². The van der Waals surface area contributed by atoms with Gasteiger partial charge >= 0.3 is 0 Å². The maximum atomic E-state index is 13.4. The maximum Gasteiger partial charge on any atom is 0.245 e. The van der Waals surface area contributed by atoms with Crippen LogP contribution in [0.3, 0.4) is 0 Å². The Morgan fingerprint density at radius 2 is 1.63 bits per heavy atom. The minimum Gasteiger partial charge on any atom is -0.336 e. The molecule has 0 radical (unpaired) electrons. The van der Waals surface area contributed by atoms with E-state index in [2.05, 4.69) is 12.1 Å². The van der Waals surface area contributed by atoms with E-state index >= 15 is 0 Å². The minimum absolute atomic E-state index is 0.0432. The van der Waals surface area contributed by atoms with Gasteiger partial charge in [-0.1, -0.05) is 60.7 Å². The van der Waals surface area contributed by atoms with Crippen molar-refractivity contribution in [1.82, 2.24) is 9.80 Å². The summed E-state index contributed by atoms with van der Waals surface area (Å²) in [6, 6.07) is 20.0. The lowest BCUT2D eigenvalue weighted by molar-refractivity contribution is -0.143. The lowest BCUT2D eigenvalue weighted by Gasteiger charge is -2.32. The molecule has 0 bridgehead atoms. The zero-order chi connectivity index (χ0) is 19.2. The molecule has 0 N–H and O–H groups in total. The lowest BCUT2D eigenvalue weighted by atomic mass is 10.1. The Morgan fingerprint density at radius 1 is 1.04 bits per heavy atom. The first-order chi connectivity index (χ1) is 13.1. The highest BCUT2D eigenvalue weighted by atomic mass is 16.2. The maximum absolute atomic E-state index is 13.4. The van der Waals surface area contributed by atoms with Gasteiger partial charge < -0.3 is 9.80 Å².